The zero-order chi connectivity index (χ0) is 27.9. The molecule has 1 radical (unpaired) electrons. The maximum Gasteiger partial charge on any atom is 0.215 e. The van der Waals surface area contributed by atoms with Gasteiger partial charge in [-0.2, -0.15) is 0 Å². The van der Waals surface area contributed by atoms with Crippen molar-refractivity contribution in [2.24, 2.45) is 0 Å². The van der Waals surface area contributed by atoms with Crippen LogP contribution in [0.3, 0.4) is 0 Å². The highest BCUT2D eigenvalue weighted by Gasteiger charge is 2.40. The van der Waals surface area contributed by atoms with E-state index in [4.69, 9.17) is 4.98 Å². The van der Waals surface area contributed by atoms with Crippen molar-refractivity contribution in [1.29, 1.82) is 0 Å². The van der Waals surface area contributed by atoms with Gasteiger partial charge in [-0.25, -0.2) is 0 Å². The van der Waals surface area contributed by atoms with Crippen LogP contribution in [-0.2, 0) is 12.6 Å². The van der Waals surface area contributed by atoms with Gasteiger partial charge in [-0.3, -0.25) is 4.98 Å². The summed E-state index contributed by atoms with van der Waals surface area (Å²) >= 11 is 0. The molecular weight excluding hydrogens is 511 g/mol. The molecule has 0 fully saturated rings. The first-order valence-electron chi connectivity index (χ1n) is 14.4. The Hall–Kier alpha value is -4.41. The molecule has 6 rings (SSSR count). The van der Waals surface area contributed by atoms with Crippen LogP contribution in [0.25, 0.3) is 0 Å². The Morgan fingerprint density at radius 1 is 0.610 bits per heavy atom. The van der Waals surface area contributed by atoms with E-state index in [1.54, 1.807) is 0 Å². The zero-order valence-corrected chi connectivity index (χ0v) is 24.5. The van der Waals surface area contributed by atoms with Gasteiger partial charge in [0.2, 0.25) is 7.28 Å². The minimum Gasteiger partial charge on any atom is -0.345 e. The molecule has 0 aliphatic heterocycles. The third-order valence-electron chi connectivity index (χ3n) is 8.18. The third kappa shape index (κ3) is 5.61. The van der Waals surface area contributed by atoms with Crippen molar-refractivity contribution in [3.63, 3.8) is 0 Å². The van der Waals surface area contributed by atoms with Crippen LogP contribution in [0, 0.1) is 0 Å². The molecule has 0 aliphatic rings. The zero-order valence-electron chi connectivity index (χ0n) is 23.5. The van der Waals surface area contributed by atoms with Gasteiger partial charge >= 0.3 is 0 Å². The normalized spacial score (nSPS) is 11.5. The first kappa shape index (κ1) is 26.8. The maximum atomic E-state index is 4.93. The number of hydrogen-bond donors (Lipinski definition) is 0. The van der Waals surface area contributed by atoms with Crippen molar-refractivity contribution >= 4 is 36.6 Å². The summed E-state index contributed by atoms with van der Waals surface area (Å²) in [4.78, 5) is 4.93. The molecule has 0 atom stereocenters. The first-order valence-corrected chi connectivity index (χ1v) is 16.6. The average Bonchev–Trinajstić information content (AvgIpc) is 3.50. The molecule has 0 saturated heterocycles. The highest BCUT2D eigenvalue weighted by atomic mass is 28.3. The molecule has 41 heavy (non-hydrogen) atoms. The van der Waals surface area contributed by atoms with Crippen LogP contribution < -0.4 is 21.3 Å². The topological polar surface area (TPSA) is 17.8 Å². The summed E-state index contributed by atoms with van der Waals surface area (Å²) in [6.07, 6.45) is 6.00. The lowest BCUT2D eigenvalue weighted by molar-refractivity contribution is 0.889. The number of nitrogens with zero attached hydrogens (tertiary/aromatic N) is 2. The predicted octanol–water partition coefficient (Wildman–Crippen LogP) is 5.27. The molecule has 1 heterocycles. The highest BCUT2D eigenvalue weighted by molar-refractivity contribution is 7.10. The van der Waals surface area contributed by atoms with E-state index in [0.29, 0.717) is 0 Å². The molecule has 0 bridgehead atoms. The molecule has 0 unspecified atom stereocenters. The van der Waals surface area contributed by atoms with E-state index in [0.717, 1.165) is 18.3 Å². The Balaban J connectivity index is 1.48. The van der Waals surface area contributed by atoms with Gasteiger partial charge < -0.3 is 4.57 Å². The van der Waals surface area contributed by atoms with Gasteiger partial charge in [0.1, 0.15) is 0 Å². The van der Waals surface area contributed by atoms with E-state index in [1.165, 1.54) is 32.3 Å². The smallest absolute Gasteiger partial charge is 0.215 e. The van der Waals surface area contributed by atoms with Crippen LogP contribution in [0.1, 0.15) is 29.4 Å². The van der Waals surface area contributed by atoms with Crippen molar-refractivity contribution < 1.29 is 0 Å². The van der Waals surface area contributed by atoms with Gasteiger partial charge in [0.15, 0.2) is 8.07 Å². The second kappa shape index (κ2) is 12.4. The SMILES string of the molecule is CCc1ccc([Si](Cn2ccnc2[B]C(c2ccccc2)c2ccccc2)(c2ccccc2)c2ccccc2)cc1. The second-order valence-corrected chi connectivity index (χ2v) is 14.4. The summed E-state index contributed by atoms with van der Waals surface area (Å²) in [6, 6.07) is 53.1. The van der Waals surface area contributed by atoms with Crippen molar-refractivity contribution in [3.8, 4) is 0 Å². The fourth-order valence-electron chi connectivity index (χ4n) is 5.97. The van der Waals surface area contributed by atoms with Crippen LogP contribution in [0.5, 0.6) is 0 Å². The third-order valence-corrected chi connectivity index (χ3v) is 12.9. The number of hydrogen-bond acceptors (Lipinski definition) is 1. The lowest BCUT2D eigenvalue weighted by atomic mass is 9.58. The van der Waals surface area contributed by atoms with Crippen molar-refractivity contribution in [1.82, 2.24) is 9.55 Å². The minimum absolute atomic E-state index is 0.104. The average molecular weight is 546 g/mol. The molecule has 199 valence electrons. The summed E-state index contributed by atoms with van der Waals surface area (Å²) in [6.45, 7) is 2.22. The predicted molar refractivity (Wildman–Crippen MR) is 176 cm³/mol. The molecule has 4 heteroatoms. The molecular formula is C37H34BN2Si. The van der Waals surface area contributed by atoms with Crippen LogP contribution in [-0.4, -0.2) is 24.9 Å². The van der Waals surface area contributed by atoms with E-state index in [9.17, 15) is 0 Å². The number of aryl methyl sites for hydroxylation is 1. The Labute approximate surface area is 245 Å². The lowest BCUT2D eigenvalue weighted by Gasteiger charge is -2.35. The van der Waals surface area contributed by atoms with Crippen LogP contribution in [0.15, 0.2) is 158 Å². The molecule has 0 saturated carbocycles. The molecule has 0 aliphatic carbocycles. The van der Waals surface area contributed by atoms with Gasteiger partial charge in [0.05, 0.1) is 5.72 Å². The monoisotopic (exact) mass is 545 g/mol. The molecule has 0 spiro atoms. The van der Waals surface area contributed by atoms with Gasteiger partial charge in [-0.1, -0.05) is 153 Å². The molecule has 1 aromatic heterocycles. The number of rotatable bonds is 10. The highest BCUT2D eigenvalue weighted by Crippen LogP contribution is 2.23. The van der Waals surface area contributed by atoms with E-state index < -0.39 is 8.07 Å². The van der Waals surface area contributed by atoms with E-state index in [1.807, 2.05) is 6.20 Å². The lowest BCUT2D eigenvalue weighted by Crippen LogP contribution is -2.70. The first-order chi connectivity index (χ1) is 20.3. The second-order valence-electron chi connectivity index (χ2n) is 10.6. The van der Waals surface area contributed by atoms with Crippen LogP contribution >= 0.6 is 0 Å². The summed E-state index contributed by atoms with van der Waals surface area (Å²) in [5.41, 5.74) is 4.88. The number of imidazole rings is 1. The van der Waals surface area contributed by atoms with E-state index >= 15 is 0 Å². The summed E-state index contributed by atoms with van der Waals surface area (Å²) < 4.78 is 2.39. The van der Waals surface area contributed by atoms with E-state index in [2.05, 4.69) is 171 Å². The van der Waals surface area contributed by atoms with Gasteiger partial charge in [-0.05, 0) is 44.5 Å². The molecule has 6 aromatic rings. The molecule has 2 nitrogen and oxygen atoms in total. The largest absolute Gasteiger partial charge is 0.345 e. The minimum atomic E-state index is -2.50. The van der Waals surface area contributed by atoms with Gasteiger partial charge in [0.25, 0.3) is 0 Å². The van der Waals surface area contributed by atoms with Gasteiger partial charge in [0, 0.05) is 18.6 Å². The van der Waals surface area contributed by atoms with Gasteiger partial charge in [-0.15, -0.1) is 0 Å². The fraction of sp³-hybridized carbons (Fsp3) is 0.108. The van der Waals surface area contributed by atoms with Crippen LogP contribution in [0.2, 0.25) is 0 Å². The van der Waals surface area contributed by atoms with Crippen molar-refractivity contribution in [3.05, 3.63) is 175 Å². The van der Waals surface area contributed by atoms with Crippen molar-refractivity contribution in [2.45, 2.75) is 25.3 Å². The van der Waals surface area contributed by atoms with E-state index in [-0.39, 0.29) is 5.82 Å². The molecule has 0 N–H and O–H groups in total. The van der Waals surface area contributed by atoms with Crippen LogP contribution in [0.4, 0.5) is 0 Å². The molecule has 5 aromatic carbocycles. The van der Waals surface area contributed by atoms with Crippen molar-refractivity contribution in [2.75, 3.05) is 0 Å². The Morgan fingerprint density at radius 2 is 1.07 bits per heavy atom. The molecule has 0 amide bonds. The Kier molecular flexibility index (Phi) is 8.11. The number of benzene rings is 5. The standard InChI is InChI=1S/C37H34BN2Si/c1-2-30-23-25-35(26-24-30)41(33-19-11-5-12-20-33,34-21-13-6-14-22-34)29-40-28-27-39-37(40)38-36(31-15-7-3-8-16-31)32-17-9-4-10-18-32/h3-28,36H,2,29H2,1H3. The number of aromatic nitrogens is 2. The Morgan fingerprint density at radius 3 is 1.56 bits per heavy atom. The Bertz CT molecular complexity index is 1570. The summed E-state index contributed by atoms with van der Waals surface area (Å²) in [7, 11) is -0.169. The fourth-order valence-corrected chi connectivity index (χ4v) is 10.6. The maximum absolute atomic E-state index is 4.93. The summed E-state index contributed by atoms with van der Waals surface area (Å²) in [5.74, 6) is 0.104. The quantitative estimate of drug-likeness (QED) is 0.169. The summed E-state index contributed by atoms with van der Waals surface area (Å²) in [5, 5.41) is 4.21.